The first-order valence-electron chi connectivity index (χ1n) is 8.13. The monoisotopic (exact) mass is 303 g/mol. The molecule has 0 radical (unpaired) electrons. The molecule has 1 heterocycles. The van der Waals surface area contributed by atoms with Gasteiger partial charge in [0.25, 0.3) is 0 Å². The van der Waals surface area contributed by atoms with Crippen molar-refractivity contribution in [3.05, 3.63) is 29.8 Å². The molecule has 1 aliphatic heterocycles. The second kappa shape index (κ2) is 8.69. The number of nitrogens with zero attached hydrogens (tertiary/aromatic N) is 1. The van der Waals surface area contributed by atoms with Crippen molar-refractivity contribution >= 4 is 11.6 Å². The third kappa shape index (κ3) is 5.60. The molecule has 0 unspecified atom stereocenters. The van der Waals surface area contributed by atoms with E-state index in [9.17, 15) is 9.59 Å². The van der Waals surface area contributed by atoms with Gasteiger partial charge < -0.3 is 9.64 Å². The molecular formula is C18H25NO3. The number of hydrogen-bond acceptors (Lipinski definition) is 4. The zero-order valence-corrected chi connectivity index (χ0v) is 13.3. The first-order chi connectivity index (χ1) is 10.6. The van der Waals surface area contributed by atoms with Gasteiger partial charge in [-0.1, -0.05) is 6.42 Å². The molecule has 4 heteroatoms. The molecule has 0 saturated carbocycles. The Morgan fingerprint density at radius 3 is 2.41 bits per heavy atom. The predicted octanol–water partition coefficient (Wildman–Crippen LogP) is 3.10. The third-order valence-corrected chi connectivity index (χ3v) is 3.92. The standard InChI is InChI=1S/C18H25NO3/c1-15(20)14-18(21)16-6-8-17(9-7-16)22-13-5-12-19-10-3-2-4-11-19/h6-9H,2-5,10-14H2,1H3. The van der Waals surface area contributed by atoms with Gasteiger partial charge in [-0.15, -0.1) is 0 Å². The summed E-state index contributed by atoms with van der Waals surface area (Å²) in [5.41, 5.74) is 0.566. The highest BCUT2D eigenvalue weighted by Crippen LogP contribution is 2.14. The van der Waals surface area contributed by atoms with Gasteiger partial charge in [0.2, 0.25) is 0 Å². The van der Waals surface area contributed by atoms with Gasteiger partial charge in [0.1, 0.15) is 11.5 Å². The summed E-state index contributed by atoms with van der Waals surface area (Å²) in [6.07, 6.45) is 4.98. The minimum absolute atomic E-state index is 0.0317. The number of ether oxygens (including phenoxy) is 1. The minimum atomic E-state index is -0.135. The van der Waals surface area contributed by atoms with E-state index in [4.69, 9.17) is 4.74 Å². The van der Waals surface area contributed by atoms with Gasteiger partial charge in [-0.3, -0.25) is 9.59 Å². The lowest BCUT2D eigenvalue weighted by Crippen LogP contribution is -2.31. The lowest BCUT2D eigenvalue weighted by atomic mass is 10.1. The van der Waals surface area contributed by atoms with Crippen molar-refractivity contribution in [1.29, 1.82) is 0 Å². The highest BCUT2D eigenvalue weighted by Gasteiger charge is 2.10. The van der Waals surface area contributed by atoms with Gasteiger partial charge in [0.05, 0.1) is 13.0 Å². The molecule has 1 saturated heterocycles. The van der Waals surface area contributed by atoms with Crippen molar-refractivity contribution in [2.24, 2.45) is 0 Å². The van der Waals surface area contributed by atoms with Crippen LogP contribution in [0.1, 0.15) is 49.4 Å². The highest BCUT2D eigenvalue weighted by molar-refractivity contribution is 6.07. The van der Waals surface area contributed by atoms with Gasteiger partial charge in [-0.05, 0) is 63.5 Å². The lowest BCUT2D eigenvalue weighted by Gasteiger charge is -2.26. The second-order valence-electron chi connectivity index (χ2n) is 5.93. The average molecular weight is 303 g/mol. The molecular weight excluding hydrogens is 278 g/mol. The predicted molar refractivity (Wildman–Crippen MR) is 86.5 cm³/mol. The van der Waals surface area contributed by atoms with Gasteiger partial charge in [-0.2, -0.15) is 0 Å². The molecule has 0 atom stereocenters. The molecule has 0 aromatic heterocycles. The quantitative estimate of drug-likeness (QED) is 0.420. The number of carbonyl (C=O) groups excluding carboxylic acids is 2. The minimum Gasteiger partial charge on any atom is -0.494 e. The number of Topliss-reactive ketones (excluding diaryl/α,β-unsaturated/α-hetero) is 2. The van der Waals surface area contributed by atoms with Crippen LogP contribution in [0.4, 0.5) is 0 Å². The molecule has 0 aliphatic carbocycles. The van der Waals surface area contributed by atoms with Crippen molar-refractivity contribution < 1.29 is 14.3 Å². The number of benzene rings is 1. The summed E-state index contributed by atoms with van der Waals surface area (Å²) in [6, 6.07) is 7.05. The van der Waals surface area contributed by atoms with Crippen LogP contribution in [0.5, 0.6) is 5.75 Å². The van der Waals surface area contributed by atoms with Crippen LogP contribution in [-0.2, 0) is 4.79 Å². The summed E-state index contributed by atoms with van der Waals surface area (Å²) in [5.74, 6) is 0.533. The van der Waals surface area contributed by atoms with E-state index in [-0.39, 0.29) is 18.0 Å². The molecule has 0 N–H and O–H groups in total. The van der Waals surface area contributed by atoms with Gasteiger partial charge in [0.15, 0.2) is 5.78 Å². The van der Waals surface area contributed by atoms with Crippen LogP contribution < -0.4 is 4.74 Å². The molecule has 1 aromatic carbocycles. The fourth-order valence-corrected chi connectivity index (χ4v) is 2.73. The second-order valence-corrected chi connectivity index (χ2v) is 5.93. The summed E-state index contributed by atoms with van der Waals surface area (Å²) in [5, 5.41) is 0. The maximum absolute atomic E-state index is 11.7. The first-order valence-corrected chi connectivity index (χ1v) is 8.13. The Labute approximate surface area is 132 Å². The van der Waals surface area contributed by atoms with Gasteiger partial charge in [-0.25, -0.2) is 0 Å². The van der Waals surface area contributed by atoms with Crippen molar-refractivity contribution in [3.63, 3.8) is 0 Å². The molecule has 22 heavy (non-hydrogen) atoms. The Bertz CT molecular complexity index is 490. The van der Waals surface area contributed by atoms with Crippen LogP contribution in [0.25, 0.3) is 0 Å². The smallest absolute Gasteiger partial charge is 0.170 e. The van der Waals surface area contributed by atoms with Crippen LogP contribution in [-0.4, -0.2) is 42.7 Å². The Hall–Kier alpha value is -1.68. The highest BCUT2D eigenvalue weighted by atomic mass is 16.5. The van der Waals surface area contributed by atoms with E-state index < -0.39 is 0 Å². The molecule has 120 valence electrons. The largest absolute Gasteiger partial charge is 0.494 e. The van der Waals surface area contributed by atoms with E-state index in [1.54, 1.807) is 24.3 Å². The Kier molecular flexibility index (Phi) is 6.59. The SMILES string of the molecule is CC(=O)CC(=O)c1ccc(OCCCN2CCCCC2)cc1. The van der Waals surface area contributed by atoms with Crippen LogP contribution in [0.2, 0.25) is 0 Å². The average Bonchev–Trinajstić information content (AvgIpc) is 2.52. The summed E-state index contributed by atoms with van der Waals surface area (Å²) < 4.78 is 5.71. The number of piperidine rings is 1. The van der Waals surface area contributed by atoms with E-state index in [1.807, 2.05) is 0 Å². The topological polar surface area (TPSA) is 46.6 Å². The van der Waals surface area contributed by atoms with Crippen molar-refractivity contribution in [3.8, 4) is 5.75 Å². The van der Waals surface area contributed by atoms with E-state index in [0.29, 0.717) is 12.2 Å². The zero-order valence-electron chi connectivity index (χ0n) is 13.3. The van der Waals surface area contributed by atoms with Crippen LogP contribution in [0.3, 0.4) is 0 Å². The molecule has 0 bridgehead atoms. The fourth-order valence-electron chi connectivity index (χ4n) is 2.73. The fraction of sp³-hybridized carbons (Fsp3) is 0.556. The number of hydrogen-bond donors (Lipinski definition) is 0. The summed E-state index contributed by atoms with van der Waals surface area (Å²) in [4.78, 5) is 25.2. The molecule has 1 fully saturated rings. The van der Waals surface area contributed by atoms with Crippen molar-refractivity contribution in [2.45, 2.75) is 39.0 Å². The van der Waals surface area contributed by atoms with Crippen LogP contribution >= 0.6 is 0 Å². The number of carbonyl (C=O) groups is 2. The molecule has 1 aromatic rings. The van der Waals surface area contributed by atoms with Crippen LogP contribution in [0.15, 0.2) is 24.3 Å². The third-order valence-electron chi connectivity index (χ3n) is 3.92. The maximum Gasteiger partial charge on any atom is 0.170 e. The summed E-state index contributed by atoms with van der Waals surface area (Å²) >= 11 is 0. The molecule has 2 rings (SSSR count). The Morgan fingerprint density at radius 1 is 1.09 bits per heavy atom. The van der Waals surface area contributed by atoms with E-state index in [2.05, 4.69) is 4.90 Å². The normalized spacial score (nSPS) is 15.5. The molecule has 1 aliphatic rings. The Morgan fingerprint density at radius 2 is 1.77 bits per heavy atom. The van der Waals surface area contributed by atoms with Crippen molar-refractivity contribution in [1.82, 2.24) is 4.90 Å². The molecule has 0 spiro atoms. The van der Waals surface area contributed by atoms with E-state index in [1.165, 1.54) is 39.3 Å². The lowest BCUT2D eigenvalue weighted by molar-refractivity contribution is -0.116. The van der Waals surface area contributed by atoms with E-state index >= 15 is 0 Å². The van der Waals surface area contributed by atoms with Gasteiger partial charge in [0, 0.05) is 12.1 Å². The molecule has 0 amide bonds. The van der Waals surface area contributed by atoms with Gasteiger partial charge >= 0.3 is 0 Å². The van der Waals surface area contributed by atoms with Crippen molar-refractivity contribution in [2.75, 3.05) is 26.2 Å². The molecule has 4 nitrogen and oxygen atoms in total. The van der Waals surface area contributed by atoms with E-state index in [0.717, 1.165) is 18.7 Å². The maximum atomic E-state index is 11.7. The Balaban J connectivity index is 1.69. The summed E-state index contributed by atoms with van der Waals surface area (Å²) in [6.45, 7) is 5.64. The zero-order chi connectivity index (χ0) is 15.8. The number of rotatable bonds is 8. The van der Waals surface area contributed by atoms with Crippen LogP contribution in [0, 0.1) is 0 Å². The number of likely N-dealkylation sites (tertiary alicyclic amines) is 1. The summed E-state index contributed by atoms with van der Waals surface area (Å²) in [7, 11) is 0. The first kappa shape index (κ1) is 16.7. The number of ketones is 2.